The van der Waals surface area contributed by atoms with Gasteiger partial charge in [-0.1, -0.05) is 30.3 Å². The number of halogens is 2. The fourth-order valence-corrected chi connectivity index (χ4v) is 4.34. The molecule has 1 fully saturated rings. The van der Waals surface area contributed by atoms with Crippen LogP contribution in [-0.4, -0.2) is 29.9 Å². The van der Waals surface area contributed by atoms with E-state index in [-0.39, 0.29) is 30.2 Å². The third-order valence-electron chi connectivity index (χ3n) is 4.93. The van der Waals surface area contributed by atoms with Gasteiger partial charge in [0.15, 0.2) is 5.76 Å². The second-order valence-electron chi connectivity index (χ2n) is 6.75. The molecule has 0 unspecified atom stereocenters. The average molecular weight is 421 g/mol. The lowest BCUT2D eigenvalue weighted by Gasteiger charge is -2.29. The van der Waals surface area contributed by atoms with Gasteiger partial charge in [-0.05, 0) is 31.0 Å². The standard InChI is InChI=1S/C21H21FN2O2S.ClH/c22-17-6-2-4-8-19(17)27-13-16-15-5-1-3-7-18(15)26-20(16)21(25)24-11-9-14(23)10-12-24;/h1-8,14H,9-13,23H2;1H. The van der Waals surface area contributed by atoms with Crippen molar-refractivity contribution >= 4 is 41.0 Å². The molecule has 0 saturated carbocycles. The Balaban J connectivity index is 0.00000225. The molecule has 2 heterocycles. The molecule has 1 aromatic heterocycles. The van der Waals surface area contributed by atoms with Crippen LogP contribution < -0.4 is 5.73 Å². The predicted molar refractivity (Wildman–Crippen MR) is 113 cm³/mol. The van der Waals surface area contributed by atoms with E-state index in [2.05, 4.69) is 0 Å². The Hall–Kier alpha value is -2.02. The summed E-state index contributed by atoms with van der Waals surface area (Å²) in [4.78, 5) is 15.4. The molecular formula is C21H22ClFN2O2S. The van der Waals surface area contributed by atoms with Gasteiger partial charge in [0.05, 0.1) is 0 Å². The maximum Gasteiger partial charge on any atom is 0.289 e. The Kier molecular flexibility index (Phi) is 6.65. The molecule has 4 rings (SSSR count). The van der Waals surface area contributed by atoms with E-state index in [0.717, 1.165) is 23.8 Å². The number of thioether (sulfide) groups is 1. The minimum absolute atomic E-state index is 0. The van der Waals surface area contributed by atoms with Gasteiger partial charge in [-0.2, -0.15) is 0 Å². The molecular weight excluding hydrogens is 399 g/mol. The zero-order valence-electron chi connectivity index (χ0n) is 15.3. The van der Waals surface area contributed by atoms with Crippen molar-refractivity contribution in [1.29, 1.82) is 0 Å². The molecule has 7 heteroatoms. The summed E-state index contributed by atoms with van der Waals surface area (Å²) >= 11 is 1.37. The van der Waals surface area contributed by atoms with Gasteiger partial charge >= 0.3 is 0 Å². The highest BCUT2D eigenvalue weighted by Gasteiger charge is 2.27. The summed E-state index contributed by atoms with van der Waals surface area (Å²) in [6.45, 7) is 1.27. The molecule has 0 atom stereocenters. The number of hydrogen-bond acceptors (Lipinski definition) is 4. The van der Waals surface area contributed by atoms with E-state index < -0.39 is 0 Å². The second-order valence-corrected chi connectivity index (χ2v) is 7.77. The van der Waals surface area contributed by atoms with E-state index in [1.54, 1.807) is 17.0 Å². The number of likely N-dealkylation sites (tertiary alicyclic amines) is 1. The first kappa shape index (κ1) is 20.7. The summed E-state index contributed by atoms with van der Waals surface area (Å²) in [6, 6.07) is 14.4. The van der Waals surface area contributed by atoms with E-state index in [9.17, 15) is 9.18 Å². The Bertz CT molecular complexity index is 970. The topological polar surface area (TPSA) is 59.5 Å². The number of nitrogens with two attached hydrogens (primary N) is 1. The summed E-state index contributed by atoms with van der Waals surface area (Å²) in [5, 5.41) is 0.901. The zero-order valence-corrected chi connectivity index (χ0v) is 16.9. The van der Waals surface area contributed by atoms with Crippen molar-refractivity contribution in [3.63, 3.8) is 0 Å². The number of piperidine rings is 1. The summed E-state index contributed by atoms with van der Waals surface area (Å²) in [7, 11) is 0. The van der Waals surface area contributed by atoms with Crippen LogP contribution in [0.5, 0.6) is 0 Å². The van der Waals surface area contributed by atoms with E-state index >= 15 is 0 Å². The van der Waals surface area contributed by atoms with Crippen LogP contribution in [0.15, 0.2) is 57.8 Å². The first-order valence-electron chi connectivity index (χ1n) is 9.06. The van der Waals surface area contributed by atoms with Crippen molar-refractivity contribution < 1.29 is 13.6 Å². The van der Waals surface area contributed by atoms with Crippen LogP contribution in [0.4, 0.5) is 4.39 Å². The van der Waals surface area contributed by atoms with Crippen LogP contribution in [0.3, 0.4) is 0 Å². The Morgan fingerprint density at radius 1 is 1.14 bits per heavy atom. The number of benzene rings is 2. The van der Waals surface area contributed by atoms with Crippen molar-refractivity contribution in [3.8, 4) is 0 Å². The highest BCUT2D eigenvalue weighted by molar-refractivity contribution is 7.98. The van der Waals surface area contributed by atoms with Gasteiger partial charge in [0.1, 0.15) is 11.4 Å². The van der Waals surface area contributed by atoms with E-state index in [1.165, 1.54) is 17.8 Å². The predicted octanol–water partition coefficient (Wildman–Crippen LogP) is 4.85. The monoisotopic (exact) mass is 420 g/mol. The highest BCUT2D eigenvalue weighted by atomic mass is 35.5. The lowest BCUT2D eigenvalue weighted by Crippen LogP contribution is -2.42. The molecule has 1 aliphatic heterocycles. The van der Waals surface area contributed by atoms with Crippen LogP contribution in [0.2, 0.25) is 0 Å². The fourth-order valence-electron chi connectivity index (χ4n) is 3.37. The number of furan rings is 1. The number of carbonyl (C=O) groups excluding carboxylic acids is 1. The van der Waals surface area contributed by atoms with Crippen molar-refractivity contribution in [2.45, 2.75) is 29.5 Å². The fraction of sp³-hybridized carbons (Fsp3) is 0.286. The molecule has 1 aliphatic rings. The molecule has 3 aromatic rings. The largest absolute Gasteiger partial charge is 0.451 e. The Morgan fingerprint density at radius 3 is 2.57 bits per heavy atom. The molecule has 28 heavy (non-hydrogen) atoms. The molecule has 2 N–H and O–H groups in total. The highest BCUT2D eigenvalue weighted by Crippen LogP contribution is 2.33. The van der Waals surface area contributed by atoms with Gasteiger partial charge in [-0.3, -0.25) is 4.79 Å². The second kappa shape index (κ2) is 8.99. The molecule has 0 spiro atoms. The smallest absolute Gasteiger partial charge is 0.289 e. The molecule has 2 aromatic carbocycles. The van der Waals surface area contributed by atoms with Crippen LogP contribution in [-0.2, 0) is 5.75 Å². The van der Waals surface area contributed by atoms with E-state index in [1.807, 2.05) is 30.3 Å². The van der Waals surface area contributed by atoms with Crippen LogP contribution in [0.25, 0.3) is 11.0 Å². The van der Waals surface area contributed by atoms with Crippen molar-refractivity contribution in [3.05, 3.63) is 65.7 Å². The zero-order chi connectivity index (χ0) is 18.8. The quantitative estimate of drug-likeness (QED) is 0.613. The lowest BCUT2D eigenvalue weighted by molar-refractivity contribution is 0.0684. The normalized spacial score (nSPS) is 14.9. The Morgan fingerprint density at radius 2 is 1.82 bits per heavy atom. The molecule has 1 amide bonds. The van der Waals surface area contributed by atoms with Gasteiger partial charge in [0, 0.05) is 40.7 Å². The minimum Gasteiger partial charge on any atom is -0.451 e. The summed E-state index contributed by atoms with van der Waals surface area (Å²) < 4.78 is 19.9. The van der Waals surface area contributed by atoms with Crippen LogP contribution in [0.1, 0.15) is 29.0 Å². The van der Waals surface area contributed by atoms with Gasteiger partial charge in [0.2, 0.25) is 0 Å². The summed E-state index contributed by atoms with van der Waals surface area (Å²) in [5.41, 5.74) is 7.45. The SMILES string of the molecule is Cl.NC1CCN(C(=O)c2oc3ccccc3c2CSc2ccccc2F)CC1. The number of rotatable bonds is 4. The van der Waals surface area contributed by atoms with E-state index in [0.29, 0.717) is 35.1 Å². The number of amides is 1. The Labute approximate surface area is 173 Å². The van der Waals surface area contributed by atoms with Gasteiger partial charge < -0.3 is 15.1 Å². The van der Waals surface area contributed by atoms with Crippen molar-refractivity contribution in [2.24, 2.45) is 5.73 Å². The molecule has 0 bridgehead atoms. The van der Waals surface area contributed by atoms with Crippen molar-refractivity contribution in [1.82, 2.24) is 4.90 Å². The molecule has 4 nitrogen and oxygen atoms in total. The van der Waals surface area contributed by atoms with Crippen LogP contribution in [0, 0.1) is 5.82 Å². The molecule has 1 saturated heterocycles. The third-order valence-corrected chi connectivity index (χ3v) is 6.00. The van der Waals surface area contributed by atoms with Crippen LogP contribution >= 0.6 is 24.2 Å². The maximum absolute atomic E-state index is 14.0. The number of para-hydroxylation sites is 1. The first-order chi connectivity index (χ1) is 13.1. The van der Waals surface area contributed by atoms with Gasteiger partial charge in [-0.15, -0.1) is 24.2 Å². The summed E-state index contributed by atoms with van der Waals surface area (Å²) in [5.74, 6) is 0.456. The van der Waals surface area contributed by atoms with Crippen molar-refractivity contribution in [2.75, 3.05) is 13.1 Å². The number of nitrogens with zero attached hydrogens (tertiary/aromatic N) is 1. The molecule has 148 valence electrons. The number of fused-ring (bicyclic) bond motifs is 1. The number of carbonyl (C=O) groups is 1. The number of hydrogen-bond donors (Lipinski definition) is 1. The van der Waals surface area contributed by atoms with Gasteiger partial charge in [-0.25, -0.2) is 4.39 Å². The van der Waals surface area contributed by atoms with E-state index in [4.69, 9.17) is 10.2 Å². The third kappa shape index (κ3) is 4.19. The molecule has 0 aliphatic carbocycles. The molecule has 0 radical (unpaired) electrons. The van der Waals surface area contributed by atoms with Gasteiger partial charge in [0.25, 0.3) is 5.91 Å². The maximum atomic E-state index is 14.0. The first-order valence-corrected chi connectivity index (χ1v) is 10.0. The minimum atomic E-state index is -0.256. The lowest BCUT2D eigenvalue weighted by atomic mass is 10.1. The average Bonchev–Trinajstić information content (AvgIpc) is 3.06. The summed E-state index contributed by atoms with van der Waals surface area (Å²) in [6.07, 6.45) is 1.59.